The number of sulfonamides is 1. The smallest absolute Gasteiger partial charge is 0.279 e. The van der Waals surface area contributed by atoms with E-state index in [2.05, 4.69) is 4.99 Å². The predicted octanol–water partition coefficient (Wildman–Crippen LogP) is 4.77. The van der Waals surface area contributed by atoms with E-state index in [0.717, 1.165) is 15.8 Å². The van der Waals surface area contributed by atoms with E-state index >= 15 is 0 Å². The number of carbonyl (C=O) groups is 1. The van der Waals surface area contributed by atoms with Gasteiger partial charge in [-0.2, -0.15) is 4.99 Å². The number of halogens is 1. The Morgan fingerprint density at radius 1 is 1.03 bits per heavy atom. The highest BCUT2D eigenvalue weighted by Crippen LogP contribution is 2.26. The predicted molar refractivity (Wildman–Crippen MR) is 129 cm³/mol. The van der Waals surface area contributed by atoms with E-state index in [1.807, 2.05) is 36.7 Å². The van der Waals surface area contributed by atoms with Gasteiger partial charge in [0.1, 0.15) is 0 Å². The number of benzene rings is 3. The zero-order chi connectivity index (χ0) is 23.0. The average molecular weight is 486 g/mol. The molecule has 0 spiro atoms. The maximum atomic E-state index is 12.9. The summed E-state index contributed by atoms with van der Waals surface area (Å²) in [4.78, 5) is 17.6. The molecule has 0 aliphatic carbocycles. The highest BCUT2D eigenvalue weighted by atomic mass is 35.5. The first-order valence-electron chi connectivity index (χ1n) is 9.68. The number of anilines is 1. The molecule has 0 saturated heterocycles. The number of aryl methyl sites for hydroxylation is 2. The van der Waals surface area contributed by atoms with Crippen LogP contribution in [0.25, 0.3) is 10.2 Å². The summed E-state index contributed by atoms with van der Waals surface area (Å²) in [5, 5.41) is 0.654. The van der Waals surface area contributed by atoms with Crippen LogP contribution in [-0.2, 0) is 17.1 Å². The number of para-hydroxylation sites is 1. The summed E-state index contributed by atoms with van der Waals surface area (Å²) in [6, 6.07) is 18.3. The number of thiazole rings is 1. The van der Waals surface area contributed by atoms with Gasteiger partial charge >= 0.3 is 0 Å². The van der Waals surface area contributed by atoms with E-state index in [-0.39, 0.29) is 4.90 Å². The SMILES string of the molecule is Cc1c(Cl)ccc2sc(=NC(=O)c3ccc(S(=O)(=O)N(C)c4ccccc4)cc3)n(C)c12. The maximum absolute atomic E-state index is 12.9. The van der Waals surface area contributed by atoms with Crippen LogP contribution in [-0.4, -0.2) is 25.9 Å². The van der Waals surface area contributed by atoms with E-state index < -0.39 is 15.9 Å². The van der Waals surface area contributed by atoms with Crippen LogP contribution in [0.4, 0.5) is 5.69 Å². The highest BCUT2D eigenvalue weighted by molar-refractivity contribution is 7.92. The molecular weight excluding hydrogens is 466 g/mol. The molecule has 1 amide bonds. The minimum atomic E-state index is -3.75. The molecule has 4 aromatic rings. The molecule has 4 rings (SSSR count). The fourth-order valence-electron chi connectivity index (χ4n) is 3.37. The first kappa shape index (κ1) is 22.3. The molecule has 0 saturated carbocycles. The van der Waals surface area contributed by atoms with Gasteiger partial charge in [0.25, 0.3) is 15.9 Å². The molecule has 0 aliphatic rings. The lowest BCUT2D eigenvalue weighted by Gasteiger charge is -2.19. The zero-order valence-electron chi connectivity index (χ0n) is 17.6. The summed E-state index contributed by atoms with van der Waals surface area (Å²) in [6.45, 7) is 1.93. The first-order valence-corrected chi connectivity index (χ1v) is 12.3. The Morgan fingerprint density at radius 3 is 2.34 bits per heavy atom. The van der Waals surface area contributed by atoms with E-state index in [0.29, 0.717) is 21.1 Å². The molecule has 0 unspecified atom stereocenters. The van der Waals surface area contributed by atoms with Crippen LogP contribution in [0.3, 0.4) is 0 Å². The largest absolute Gasteiger partial charge is 0.319 e. The van der Waals surface area contributed by atoms with Crippen molar-refractivity contribution in [1.82, 2.24) is 4.57 Å². The van der Waals surface area contributed by atoms with E-state index in [1.165, 1.54) is 47.0 Å². The fraction of sp³-hybridized carbons (Fsp3) is 0.130. The lowest BCUT2D eigenvalue weighted by molar-refractivity contribution is 0.0998. The van der Waals surface area contributed by atoms with Crippen molar-refractivity contribution in [2.75, 3.05) is 11.4 Å². The Bertz CT molecular complexity index is 1490. The number of rotatable bonds is 4. The van der Waals surface area contributed by atoms with Crippen LogP contribution < -0.4 is 9.11 Å². The van der Waals surface area contributed by atoms with Crippen LogP contribution in [0.1, 0.15) is 15.9 Å². The van der Waals surface area contributed by atoms with Crippen molar-refractivity contribution >= 4 is 54.8 Å². The van der Waals surface area contributed by atoms with Crippen LogP contribution in [0, 0.1) is 6.92 Å². The molecule has 6 nitrogen and oxygen atoms in total. The quantitative estimate of drug-likeness (QED) is 0.418. The van der Waals surface area contributed by atoms with Crippen LogP contribution in [0.2, 0.25) is 5.02 Å². The third-order valence-corrected chi connectivity index (χ3v) is 8.53. The van der Waals surface area contributed by atoms with Gasteiger partial charge in [0.2, 0.25) is 0 Å². The van der Waals surface area contributed by atoms with Crippen molar-refractivity contribution in [1.29, 1.82) is 0 Å². The highest BCUT2D eigenvalue weighted by Gasteiger charge is 2.21. The topological polar surface area (TPSA) is 71.7 Å². The molecule has 3 aromatic carbocycles. The molecule has 9 heteroatoms. The normalized spacial score (nSPS) is 12.3. The van der Waals surface area contributed by atoms with Gasteiger partial charge in [0.05, 0.1) is 20.8 Å². The maximum Gasteiger partial charge on any atom is 0.279 e. The molecule has 0 bridgehead atoms. The lowest BCUT2D eigenvalue weighted by atomic mass is 10.2. The molecule has 164 valence electrons. The second-order valence-corrected chi connectivity index (χ2v) is 10.6. The number of nitrogens with zero attached hydrogens (tertiary/aromatic N) is 3. The fourth-order valence-corrected chi connectivity index (χ4v) is 5.79. The summed E-state index contributed by atoms with van der Waals surface area (Å²) < 4.78 is 29.9. The van der Waals surface area contributed by atoms with Crippen molar-refractivity contribution in [2.24, 2.45) is 12.0 Å². The van der Waals surface area contributed by atoms with Crippen LogP contribution in [0.15, 0.2) is 76.6 Å². The molecule has 0 aliphatic heterocycles. The van der Waals surface area contributed by atoms with Crippen LogP contribution >= 0.6 is 22.9 Å². The van der Waals surface area contributed by atoms with Crippen LogP contribution in [0.5, 0.6) is 0 Å². The van der Waals surface area contributed by atoms with Gasteiger partial charge in [-0.05, 0) is 61.0 Å². The van der Waals surface area contributed by atoms with E-state index in [9.17, 15) is 13.2 Å². The van der Waals surface area contributed by atoms with Crippen molar-refractivity contribution in [3.05, 3.63) is 87.7 Å². The Morgan fingerprint density at radius 2 is 1.69 bits per heavy atom. The van der Waals surface area contributed by atoms with Crippen molar-refractivity contribution in [2.45, 2.75) is 11.8 Å². The Balaban J connectivity index is 1.65. The molecule has 1 aromatic heterocycles. The second-order valence-electron chi connectivity index (χ2n) is 7.21. The molecule has 1 heterocycles. The summed E-state index contributed by atoms with van der Waals surface area (Å²) >= 11 is 7.62. The average Bonchev–Trinajstić information content (AvgIpc) is 3.12. The molecule has 32 heavy (non-hydrogen) atoms. The van der Waals surface area contributed by atoms with E-state index in [1.54, 1.807) is 24.3 Å². The Hall–Kier alpha value is -2.94. The zero-order valence-corrected chi connectivity index (χ0v) is 20.0. The number of carbonyl (C=O) groups excluding carboxylic acids is 1. The van der Waals surface area contributed by atoms with Crippen molar-refractivity contribution in [3.8, 4) is 0 Å². The summed E-state index contributed by atoms with van der Waals surface area (Å²) in [5.41, 5.74) is 2.71. The van der Waals surface area contributed by atoms with Gasteiger partial charge in [-0.1, -0.05) is 41.1 Å². The van der Waals surface area contributed by atoms with Gasteiger partial charge in [-0.25, -0.2) is 8.42 Å². The number of amides is 1. The lowest BCUT2D eigenvalue weighted by Crippen LogP contribution is -2.26. The number of hydrogen-bond acceptors (Lipinski definition) is 4. The van der Waals surface area contributed by atoms with Crippen molar-refractivity contribution < 1.29 is 13.2 Å². The van der Waals surface area contributed by atoms with Gasteiger partial charge < -0.3 is 4.57 Å². The summed E-state index contributed by atoms with van der Waals surface area (Å²) in [7, 11) is -0.418. The second kappa shape index (κ2) is 8.54. The number of fused-ring (bicyclic) bond motifs is 1. The van der Waals surface area contributed by atoms with Crippen molar-refractivity contribution in [3.63, 3.8) is 0 Å². The minimum Gasteiger partial charge on any atom is -0.319 e. The standard InChI is InChI=1S/C23H20ClN3O3S2/c1-15-19(24)13-14-20-21(15)26(2)23(31-20)25-22(28)16-9-11-18(12-10-16)32(29,30)27(3)17-7-5-4-6-8-17/h4-14H,1-3H3. The minimum absolute atomic E-state index is 0.0955. The third-order valence-electron chi connectivity index (χ3n) is 5.23. The molecule has 0 atom stereocenters. The third kappa shape index (κ3) is 3.97. The number of hydrogen-bond donors (Lipinski definition) is 0. The summed E-state index contributed by atoms with van der Waals surface area (Å²) in [6.07, 6.45) is 0. The Labute approximate surface area is 195 Å². The first-order chi connectivity index (χ1) is 15.2. The van der Waals surface area contributed by atoms with Gasteiger partial charge in [-0.15, -0.1) is 0 Å². The monoisotopic (exact) mass is 485 g/mol. The molecular formula is C23H20ClN3O3S2. The van der Waals surface area contributed by atoms with Gasteiger partial charge in [-0.3, -0.25) is 9.10 Å². The molecule has 0 fully saturated rings. The Kier molecular flexibility index (Phi) is 5.94. The van der Waals surface area contributed by atoms with E-state index in [4.69, 9.17) is 11.6 Å². The molecule has 0 N–H and O–H groups in total. The van der Waals surface area contributed by atoms with Gasteiger partial charge in [0, 0.05) is 24.7 Å². The number of aromatic nitrogens is 1. The van der Waals surface area contributed by atoms with Gasteiger partial charge in [0.15, 0.2) is 4.80 Å². The molecule has 0 radical (unpaired) electrons. The summed E-state index contributed by atoms with van der Waals surface area (Å²) in [5.74, 6) is -0.448.